The van der Waals surface area contributed by atoms with Gasteiger partial charge in [0.1, 0.15) is 0 Å². The van der Waals surface area contributed by atoms with Crippen LogP contribution < -0.4 is 0 Å². The summed E-state index contributed by atoms with van der Waals surface area (Å²) < 4.78 is 31.5. The van der Waals surface area contributed by atoms with Crippen molar-refractivity contribution in [2.75, 3.05) is 40.4 Å². The van der Waals surface area contributed by atoms with Gasteiger partial charge in [-0.1, -0.05) is 0 Å². The summed E-state index contributed by atoms with van der Waals surface area (Å²) >= 11 is 0. The van der Waals surface area contributed by atoms with Gasteiger partial charge in [-0.05, 0) is 18.8 Å². The minimum atomic E-state index is -3.52. The maximum absolute atomic E-state index is 12.2. The summed E-state index contributed by atoms with van der Waals surface area (Å²) in [7, 11) is -0.786. The number of rotatable bonds is 7. The molecule has 1 aliphatic rings. The zero-order valence-corrected chi connectivity index (χ0v) is 12.2. The lowest BCUT2D eigenvalue weighted by Gasteiger charge is -2.23. The van der Waals surface area contributed by atoms with Crippen LogP contribution in [0.4, 0.5) is 0 Å². The quantitative estimate of drug-likeness (QED) is 0.635. The summed E-state index contributed by atoms with van der Waals surface area (Å²) in [5, 5.41) is 8.87. The summed E-state index contributed by atoms with van der Waals surface area (Å²) in [6, 6.07) is 0. The van der Waals surface area contributed by atoms with Crippen molar-refractivity contribution >= 4 is 16.2 Å². The topological polar surface area (TPSA) is 87.2 Å². The third kappa shape index (κ3) is 4.41. The molecule has 0 aromatic rings. The third-order valence-corrected chi connectivity index (χ3v) is 5.32. The molecule has 1 atom stereocenters. The van der Waals surface area contributed by atoms with Crippen LogP contribution in [0.5, 0.6) is 0 Å². The SMILES string of the molecule is COC(=O)CCN(C)S(=O)(=O)N1CCC(CCO)C1. The molecule has 1 N–H and O–H groups in total. The van der Waals surface area contributed by atoms with Gasteiger partial charge in [-0.25, -0.2) is 0 Å². The summed E-state index contributed by atoms with van der Waals surface area (Å²) in [4.78, 5) is 11.0. The Morgan fingerprint density at radius 3 is 2.79 bits per heavy atom. The monoisotopic (exact) mass is 294 g/mol. The molecule has 112 valence electrons. The Hall–Kier alpha value is -0.700. The smallest absolute Gasteiger partial charge is 0.306 e. The molecule has 1 unspecified atom stereocenters. The maximum Gasteiger partial charge on any atom is 0.306 e. The second-order valence-corrected chi connectivity index (χ2v) is 6.72. The standard InChI is InChI=1S/C11H22N2O5S/c1-12(6-4-11(15)18-2)19(16,17)13-7-3-10(9-13)5-8-14/h10,14H,3-9H2,1-2H3. The molecule has 1 aliphatic heterocycles. The van der Waals surface area contributed by atoms with E-state index in [0.29, 0.717) is 19.5 Å². The van der Waals surface area contributed by atoms with Gasteiger partial charge in [0, 0.05) is 33.3 Å². The predicted octanol–water partition coefficient (Wildman–Crippen LogP) is -0.570. The fourth-order valence-electron chi connectivity index (χ4n) is 2.09. The van der Waals surface area contributed by atoms with Crippen LogP contribution in [0.1, 0.15) is 19.3 Å². The van der Waals surface area contributed by atoms with Gasteiger partial charge in [0.15, 0.2) is 0 Å². The van der Waals surface area contributed by atoms with Crippen LogP contribution in [0.3, 0.4) is 0 Å². The molecule has 1 fully saturated rings. The highest BCUT2D eigenvalue weighted by Gasteiger charge is 2.33. The highest BCUT2D eigenvalue weighted by Crippen LogP contribution is 2.23. The Labute approximate surface area is 114 Å². The van der Waals surface area contributed by atoms with Crippen LogP contribution in [0.15, 0.2) is 0 Å². The van der Waals surface area contributed by atoms with Gasteiger partial charge in [-0.2, -0.15) is 17.0 Å². The second kappa shape index (κ2) is 7.18. The molecule has 1 heterocycles. The number of carbonyl (C=O) groups is 1. The van der Waals surface area contributed by atoms with Crippen molar-refractivity contribution in [2.24, 2.45) is 5.92 Å². The predicted molar refractivity (Wildman–Crippen MR) is 69.6 cm³/mol. The Morgan fingerprint density at radius 1 is 1.53 bits per heavy atom. The molecule has 0 saturated carbocycles. The van der Waals surface area contributed by atoms with E-state index >= 15 is 0 Å². The van der Waals surface area contributed by atoms with Gasteiger partial charge >= 0.3 is 5.97 Å². The molecule has 8 heteroatoms. The van der Waals surface area contributed by atoms with Gasteiger partial charge in [0.05, 0.1) is 13.5 Å². The van der Waals surface area contributed by atoms with Crippen molar-refractivity contribution in [1.29, 1.82) is 0 Å². The third-order valence-electron chi connectivity index (χ3n) is 3.36. The van der Waals surface area contributed by atoms with Gasteiger partial charge in [-0.3, -0.25) is 4.79 Å². The zero-order chi connectivity index (χ0) is 14.5. The Balaban J connectivity index is 2.53. The van der Waals surface area contributed by atoms with Crippen molar-refractivity contribution in [1.82, 2.24) is 8.61 Å². The minimum Gasteiger partial charge on any atom is -0.469 e. The lowest BCUT2D eigenvalue weighted by molar-refractivity contribution is -0.140. The fraction of sp³-hybridized carbons (Fsp3) is 0.909. The summed E-state index contributed by atoms with van der Waals surface area (Å²) in [5.74, 6) is -0.213. The molecule has 0 bridgehead atoms. The number of esters is 1. The number of carbonyl (C=O) groups excluding carboxylic acids is 1. The summed E-state index contributed by atoms with van der Waals surface area (Å²) in [6.07, 6.45) is 1.43. The first kappa shape index (κ1) is 16.4. The molecule has 19 heavy (non-hydrogen) atoms. The van der Waals surface area contributed by atoms with E-state index in [2.05, 4.69) is 4.74 Å². The lowest BCUT2D eigenvalue weighted by atomic mass is 10.1. The fourth-order valence-corrected chi connectivity index (χ4v) is 3.54. The lowest BCUT2D eigenvalue weighted by Crippen LogP contribution is -2.41. The van der Waals surface area contributed by atoms with Crippen LogP contribution in [0.2, 0.25) is 0 Å². The van der Waals surface area contributed by atoms with Crippen LogP contribution in [-0.2, 0) is 19.7 Å². The maximum atomic E-state index is 12.2. The summed E-state index contributed by atoms with van der Waals surface area (Å²) in [5.41, 5.74) is 0. The normalized spacial score (nSPS) is 20.9. The van der Waals surface area contributed by atoms with E-state index in [9.17, 15) is 13.2 Å². The molecule has 7 nitrogen and oxygen atoms in total. The van der Waals surface area contributed by atoms with E-state index in [0.717, 1.165) is 6.42 Å². The van der Waals surface area contributed by atoms with Crippen molar-refractivity contribution in [3.05, 3.63) is 0 Å². The molecule has 1 saturated heterocycles. The van der Waals surface area contributed by atoms with E-state index in [-0.39, 0.29) is 25.5 Å². The van der Waals surface area contributed by atoms with Gasteiger partial charge in [0.2, 0.25) is 0 Å². The molecular formula is C11H22N2O5S. The number of hydrogen-bond donors (Lipinski definition) is 1. The van der Waals surface area contributed by atoms with E-state index in [4.69, 9.17) is 5.11 Å². The van der Waals surface area contributed by atoms with Crippen molar-refractivity contribution in [3.63, 3.8) is 0 Å². The van der Waals surface area contributed by atoms with E-state index < -0.39 is 16.2 Å². The number of ether oxygens (including phenoxy) is 1. The molecule has 0 aliphatic carbocycles. The van der Waals surface area contributed by atoms with Gasteiger partial charge < -0.3 is 9.84 Å². The minimum absolute atomic E-state index is 0.0418. The van der Waals surface area contributed by atoms with E-state index in [1.807, 2.05) is 0 Å². The largest absolute Gasteiger partial charge is 0.469 e. The van der Waals surface area contributed by atoms with Crippen LogP contribution in [-0.4, -0.2) is 68.5 Å². The number of aliphatic hydroxyl groups excluding tert-OH is 1. The van der Waals surface area contributed by atoms with E-state index in [1.165, 1.54) is 22.8 Å². The number of methoxy groups -OCH3 is 1. The van der Waals surface area contributed by atoms with Crippen molar-refractivity contribution < 1.29 is 23.1 Å². The molecule has 0 radical (unpaired) electrons. The molecular weight excluding hydrogens is 272 g/mol. The van der Waals surface area contributed by atoms with Gasteiger partial charge in [-0.15, -0.1) is 0 Å². The van der Waals surface area contributed by atoms with Crippen LogP contribution >= 0.6 is 0 Å². The van der Waals surface area contributed by atoms with E-state index in [1.54, 1.807) is 0 Å². The second-order valence-electron chi connectivity index (χ2n) is 4.68. The van der Waals surface area contributed by atoms with Crippen molar-refractivity contribution in [3.8, 4) is 0 Å². The average molecular weight is 294 g/mol. The van der Waals surface area contributed by atoms with Crippen molar-refractivity contribution in [2.45, 2.75) is 19.3 Å². The highest BCUT2D eigenvalue weighted by atomic mass is 32.2. The molecule has 0 spiro atoms. The summed E-state index contributed by atoms with van der Waals surface area (Å²) in [6.45, 7) is 1.09. The Bertz CT molecular complexity index is 398. The van der Waals surface area contributed by atoms with Crippen LogP contribution in [0, 0.1) is 5.92 Å². The Morgan fingerprint density at radius 2 is 2.21 bits per heavy atom. The number of nitrogens with zero attached hydrogens (tertiary/aromatic N) is 2. The zero-order valence-electron chi connectivity index (χ0n) is 11.4. The molecule has 0 aromatic heterocycles. The average Bonchev–Trinajstić information content (AvgIpc) is 2.85. The highest BCUT2D eigenvalue weighted by molar-refractivity contribution is 7.86. The first-order chi connectivity index (χ1) is 8.91. The number of hydrogen-bond acceptors (Lipinski definition) is 5. The Kier molecular flexibility index (Phi) is 6.18. The first-order valence-corrected chi connectivity index (χ1v) is 7.70. The van der Waals surface area contributed by atoms with Gasteiger partial charge in [0.25, 0.3) is 10.2 Å². The first-order valence-electron chi connectivity index (χ1n) is 6.31. The number of aliphatic hydroxyl groups is 1. The van der Waals surface area contributed by atoms with Crippen LogP contribution in [0.25, 0.3) is 0 Å². The molecule has 0 amide bonds. The molecule has 1 rings (SSSR count). The molecule has 0 aromatic carbocycles.